The van der Waals surface area contributed by atoms with Crippen LogP contribution in [0, 0.1) is 6.92 Å². The molecule has 128 valence electrons. The summed E-state index contributed by atoms with van der Waals surface area (Å²) in [5, 5.41) is 7.50. The Morgan fingerprint density at radius 3 is 2.69 bits per heavy atom. The molecule has 1 N–H and O–H groups in total. The third-order valence-corrected chi connectivity index (χ3v) is 4.77. The first kappa shape index (κ1) is 16.3. The van der Waals surface area contributed by atoms with Crippen LogP contribution in [-0.4, -0.2) is 25.8 Å². The van der Waals surface area contributed by atoms with Crippen LogP contribution in [-0.2, 0) is 4.79 Å². The highest BCUT2D eigenvalue weighted by atomic mass is 32.2. The van der Waals surface area contributed by atoms with E-state index in [2.05, 4.69) is 20.4 Å². The number of hydrogen-bond acceptors (Lipinski definition) is 5. The van der Waals surface area contributed by atoms with Crippen molar-refractivity contribution >= 4 is 34.6 Å². The molecule has 0 radical (unpaired) electrons. The summed E-state index contributed by atoms with van der Waals surface area (Å²) in [6, 6.07) is 15.6. The van der Waals surface area contributed by atoms with Crippen LogP contribution in [0.1, 0.15) is 11.1 Å². The number of hydrogen-bond donors (Lipinski definition) is 1. The van der Waals surface area contributed by atoms with Gasteiger partial charge in [0.25, 0.3) is 5.91 Å². The van der Waals surface area contributed by atoms with E-state index in [0.717, 1.165) is 22.5 Å². The van der Waals surface area contributed by atoms with Crippen molar-refractivity contribution in [3.05, 3.63) is 77.2 Å². The van der Waals surface area contributed by atoms with Gasteiger partial charge < -0.3 is 5.32 Å². The summed E-state index contributed by atoms with van der Waals surface area (Å²) >= 11 is 1.34. The number of amides is 1. The van der Waals surface area contributed by atoms with Gasteiger partial charge in [-0.3, -0.25) is 4.79 Å². The van der Waals surface area contributed by atoms with Gasteiger partial charge in [0.15, 0.2) is 5.17 Å². The largest absolute Gasteiger partial charge is 0.300 e. The molecule has 1 fully saturated rings. The van der Waals surface area contributed by atoms with Crippen LogP contribution in [0.15, 0.2) is 71.1 Å². The summed E-state index contributed by atoms with van der Waals surface area (Å²) in [5.41, 5.74) is 3.77. The Kier molecular flexibility index (Phi) is 4.37. The molecule has 4 rings (SSSR count). The average molecular weight is 361 g/mol. The first-order chi connectivity index (χ1) is 12.7. The van der Waals surface area contributed by atoms with E-state index in [1.54, 1.807) is 11.0 Å². The molecule has 0 unspecified atom stereocenters. The van der Waals surface area contributed by atoms with E-state index in [1.807, 2.05) is 61.5 Å². The smallest absolute Gasteiger partial charge is 0.264 e. The molecular formula is C19H15N5OS. The number of carbonyl (C=O) groups is 1. The maximum atomic E-state index is 12.2. The average Bonchev–Trinajstić information content (AvgIpc) is 3.28. The third-order valence-electron chi connectivity index (χ3n) is 3.86. The molecule has 1 aliphatic rings. The van der Waals surface area contributed by atoms with Gasteiger partial charge in [0.2, 0.25) is 0 Å². The Morgan fingerprint density at radius 1 is 1.15 bits per heavy atom. The zero-order chi connectivity index (χ0) is 17.9. The lowest BCUT2D eigenvalue weighted by Crippen LogP contribution is -2.19. The number of nitrogens with zero attached hydrogens (tertiary/aromatic N) is 4. The van der Waals surface area contributed by atoms with Gasteiger partial charge in [-0.05, 0) is 54.1 Å². The topological polar surface area (TPSA) is 72.2 Å². The van der Waals surface area contributed by atoms with Gasteiger partial charge in [0.05, 0.1) is 16.3 Å². The molecule has 1 aliphatic heterocycles. The number of para-hydroxylation sites is 1. The number of amidine groups is 1. The van der Waals surface area contributed by atoms with Gasteiger partial charge in [-0.2, -0.15) is 5.10 Å². The van der Waals surface area contributed by atoms with E-state index in [1.165, 1.54) is 18.1 Å². The van der Waals surface area contributed by atoms with E-state index in [-0.39, 0.29) is 5.91 Å². The molecule has 7 heteroatoms. The normalized spacial score (nSPS) is 17.0. The van der Waals surface area contributed by atoms with Crippen molar-refractivity contribution < 1.29 is 4.79 Å². The molecule has 26 heavy (non-hydrogen) atoms. The minimum Gasteiger partial charge on any atom is -0.300 e. The van der Waals surface area contributed by atoms with Crippen molar-refractivity contribution in [1.29, 1.82) is 0 Å². The molecule has 0 bridgehead atoms. The fourth-order valence-corrected chi connectivity index (χ4v) is 3.33. The molecule has 0 atom stereocenters. The minimum atomic E-state index is -0.136. The summed E-state index contributed by atoms with van der Waals surface area (Å²) in [4.78, 5) is 21.3. The molecule has 0 aliphatic carbocycles. The summed E-state index contributed by atoms with van der Waals surface area (Å²) in [6.45, 7) is 1.99. The Balaban J connectivity index is 1.55. The maximum Gasteiger partial charge on any atom is 0.264 e. The molecule has 2 heterocycles. The van der Waals surface area contributed by atoms with Gasteiger partial charge in [-0.1, -0.05) is 30.3 Å². The second-order valence-corrected chi connectivity index (χ2v) is 6.73. The number of aromatic nitrogens is 3. The number of rotatable bonds is 3. The van der Waals surface area contributed by atoms with Crippen molar-refractivity contribution in [2.75, 3.05) is 0 Å². The first-order valence-corrected chi connectivity index (χ1v) is 8.81. The van der Waals surface area contributed by atoms with E-state index < -0.39 is 0 Å². The molecule has 1 aromatic heterocycles. The maximum absolute atomic E-state index is 12.2. The SMILES string of the molecule is Cc1ccccc1N=C1NC(=O)C(=Cc2ccc(-n3cncn3)cc2)S1. The summed E-state index contributed by atoms with van der Waals surface area (Å²) in [6.07, 6.45) is 4.98. The molecule has 0 spiro atoms. The highest BCUT2D eigenvalue weighted by Gasteiger charge is 2.23. The zero-order valence-corrected chi connectivity index (χ0v) is 14.8. The van der Waals surface area contributed by atoms with Gasteiger partial charge in [0, 0.05) is 0 Å². The van der Waals surface area contributed by atoms with Crippen LogP contribution >= 0.6 is 11.8 Å². The van der Waals surface area contributed by atoms with Crippen molar-refractivity contribution in [2.24, 2.45) is 4.99 Å². The lowest BCUT2D eigenvalue weighted by Gasteiger charge is -2.01. The number of aliphatic imine (C=N–C) groups is 1. The second kappa shape index (κ2) is 6.97. The number of thioether (sulfide) groups is 1. The Labute approximate surface area is 154 Å². The van der Waals surface area contributed by atoms with Crippen LogP contribution in [0.3, 0.4) is 0 Å². The van der Waals surface area contributed by atoms with Gasteiger partial charge >= 0.3 is 0 Å². The summed E-state index contributed by atoms with van der Waals surface area (Å²) in [7, 11) is 0. The zero-order valence-electron chi connectivity index (χ0n) is 14.0. The highest BCUT2D eigenvalue weighted by molar-refractivity contribution is 8.18. The Hall–Kier alpha value is -3.19. The molecule has 1 saturated heterocycles. The van der Waals surface area contributed by atoms with Crippen LogP contribution < -0.4 is 5.32 Å². The van der Waals surface area contributed by atoms with Crippen LogP contribution in [0.25, 0.3) is 11.8 Å². The number of carbonyl (C=O) groups excluding carboxylic acids is 1. The second-order valence-electron chi connectivity index (χ2n) is 5.70. The van der Waals surface area contributed by atoms with E-state index in [0.29, 0.717) is 10.1 Å². The minimum absolute atomic E-state index is 0.136. The predicted octanol–water partition coefficient (Wildman–Crippen LogP) is 3.47. The molecule has 2 aromatic carbocycles. The lowest BCUT2D eigenvalue weighted by molar-refractivity contribution is -0.115. The number of aryl methyl sites for hydroxylation is 1. The van der Waals surface area contributed by atoms with Crippen molar-refractivity contribution in [1.82, 2.24) is 20.1 Å². The van der Waals surface area contributed by atoms with Crippen LogP contribution in [0.4, 0.5) is 5.69 Å². The van der Waals surface area contributed by atoms with Crippen molar-refractivity contribution in [3.8, 4) is 5.69 Å². The molecule has 3 aromatic rings. The molecule has 0 saturated carbocycles. The molecule has 1 amide bonds. The fraction of sp³-hybridized carbons (Fsp3) is 0.0526. The van der Waals surface area contributed by atoms with Crippen LogP contribution in [0.5, 0.6) is 0 Å². The highest BCUT2D eigenvalue weighted by Crippen LogP contribution is 2.29. The first-order valence-electron chi connectivity index (χ1n) is 7.99. The molecule has 6 nitrogen and oxygen atoms in total. The monoisotopic (exact) mass is 361 g/mol. The van der Waals surface area contributed by atoms with Crippen molar-refractivity contribution in [3.63, 3.8) is 0 Å². The summed E-state index contributed by atoms with van der Waals surface area (Å²) in [5.74, 6) is -0.136. The number of nitrogens with one attached hydrogen (secondary N) is 1. The fourth-order valence-electron chi connectivity index (χ4n) is 2.49. The predicted molar refractivity (Wildman–Crippen MR) is 103 cm³/mol. The summed E-state index contributed by atoms with van der Waals surface area (Å²) < 4.78 is 1.68. The van der Waals surface area contributed by atoms with E-state index >= 15 is 0 Å². The van der Waals surface area contributed by atoms with Gasteiger partial charge in [-0.25, -0.2) is 14.7 Å². The third kappa shape index (κ3) is 3.43. The van der Waals surface area contributed by atoms with E-state index in [4.69, 9.17) is 0 Å². The standard InChI is InChI=1S/C19H15N5OS/c1-13-4-2-3-5-16(13)22-19-23-18(25)17(26-19)10-14-6-8-15(9-7-14)24-12-20-11-21-24/h2-12H,1H3,(H,22,23,25). The van der Waals surface area contributed by atoms with Gasteiger partial charge in [-0.15, -0.1) is 0 Å². The van der Waals surface area contributed by atoms with Crippen molar-refractivity contribution in [2.45, 2.75) is 6.92 Å². The Morgan fingerprint density at radius 2 is 1.96 bits per heavy atom. The van der Waals surface area contributed by atoms with E-state index in [9.17, 15) is 4.79 Å². The van der Waals surface area contributed by atoms with Crippen LogP contribution in [0.2, 0.25) is 0 Å². The lowest BCUT2D eigenvalue weighted by atomic mass is 10.2. The Bertz CT molecular complexity index is 1010. The number of benzene rings is 2. The molecular weight excluding hydrogens is 346 g/mol. The quantitative estimate of drug-likeness (QED) is 0.725. The van der Waals surface area contributed by atoms with Gasteiger partial charge in [0.1, 0.15) is 12.7 Å².